The number of rotatable bonds is 4. The van der Waals surface area contributed by atoms with Crippen LogP contribution in [0.25, 0.3) is 0 Å². The van der Waals surface area contributed by atoms with Crippen molar-refractivity contribution >= 4 is 0 Å². The maximum Gasteiger partial charge on any atom is -0.0350 e. The fourth-order valence-electron chi connectivity index (χ4n) is 0.826. The van der Waals surface area contributed by atoms with E-state index in [1.807, 2.05) is 0 Å². The Balaban J connectivity index is 3.55. The fourth-order valence-corrected chi connectivity index (χ4v) is 0.826. The fraction of sp³-hybridized carbons (Fsp3) is 0.600. The number of allylic oxidation sites excluding steroid dienone is 4. The van der Waals surface area contributed by atoms with Gasteiger partial charge in [-0.25, -0.2) is 0 Å². The summed E-state index contributed by atoms with van der Waals surface area (Å²) < 4.78 is 0. The van der Waals surface area contributed by atoms with Crippen LogP contribution < -0.4 is 0 Å². The Labute approximate surface area is 64.6 Å². The lowest BCUT2D eigenvalue weighted by Gasteiger charge is -1.88. The van der Waals surface area contributed by atoms with Crippen LogP contribution in [0, 0.1) is 0 Å². The number of hydrogen-bond acceptors (Lipinski definition) is 0. The van der Waals surface area contributed by atoms with Crippen molar-refractivity contribution in [1.82, 2.24) is 0 Å². The molecule has 0 spiro atoms. The first-order valence-corrected chi connectivity index (χ1v) is 4.14. The molecule has 0 amide bonds. The van der Waals surface area contributed by atoms with Crippen LogP contribution in [0.15, 0.2) is 23.8 Å². The van der Waals surface area contributed by atoms with E-state index in [-0.39, 0.29) is 0 Å². The maximum atomic E-state index is 2.24. The van der Waals surface area contributed by atoms with E-state index in [1.165, 1.54) is 18.4 Å². The molecule has 0 N–H and O–H groups in total. The van der Waals surface area contributed by atoms with Gasteiger partial charge in [0, 0.05) is 0 Å². The first-order chi connectivity index (χ1) is 4.81. The molecule has 0 aromatic heterocycles. The summed E-state index contributed by atoms with van der Waals surface area (Å²) in [7, 11) is 0. The van der Waals surface area contributed by atoms with E-state index in [2.05, 4.69) is 39.0 Å². The zero-order chi connectivity index (χ0) is 7.82. The second-order valence-corrected chi connectivity index (χ2v) is 2.55. The molecular formula is C10H18. The molecular weight excluding hydrogens is 120 g/mol. The van der Waals surface area contributed by atoms with Crippen molar-refractivity contribution in [3.05, 3.63) is 23.8 Å². The highest BCUT2D eigenvalue weighted by atomic mass is 13.8. The summed E-state index contributed by atoms with van der Waals surface area (Å²) in [5, 5.41) is 0. The predicted molar refractivity (Wildman–Crippen MR) is 48.1 cm³/mol. The molecule has 0 aromatic rings. The smallest absolute Gasteiger partial charge is 0.0350 e. The predicted octanol–water partition coefficient (Wildman–Crippen LogP) is 3.70. The molecule has 0 bridgehead atoms. The van der Waals surface area contributed by atoms with Crippen molar-refractivity contribution in [1.29, 1.82) is 0 Å². The summed E-state index contributed by atoms with van der Waals surface area (Å²) in [4.78, 5) is 0. The van der Waals surface area contributed by atoms with Gasteiger partial charge in [-0.3, -0.25) is 0 Å². The Hall–Kier alpha value is -0.520. The highest BCUT2D eigenvalue weighted by Gasteiger charge is 1.77. The van der Waals surface area contributed by atoms with E-state index in [4.69, 9.17) is 0 Å². The van der Waals surface area contributed by atoms with Crippen LogP contribution in [0.3, 0.4) is 0 Å². The van der Waals surface area contributed by atoms with Gasteiger partial charge in [-0.1, -0.05) is 44.1 Å². The molecule has 0 heterocycles. The van der Waals surface area contributed by atoms with Gasteiger partial charge in [0.1, 0.15) is 0 Å². The second-order valence-electron chi connectivity index (χ2n) is 2.55. The summed E-state index contributed by atoms with van der Waals surface area (Å²) in [5.74, 6) is 0. The van der Waals surface area contributed by atoms with Crippen molar-refractivity contribution in [3.63, 3.8) is 0 Å². The molecule has 0 nitrogen and oxygen atoms in total. The third-order valence-corrected chi connectivity index (χ3v) is 1.36. The summed E-state index contributed by atoms with van der Waals surface area (Å²) in [6.45, 7) is 6.51. The molecule has 0 radical (unpaired) electrons. The molecule has 0 rings (SSSR count). The van der Waals surface area contributed by atoms with E-state index in [0.717, 1.165) is 6.42 Å². The van der Waals surface area contributed by atoms with Crippen LogP contribution in [-0.2, 0) is 0 Å². The molecule has 10 heavy (non-hydrogen) atoms. The third kappa shape index (κ3) is 5.61. The van der Waals surface area contributed by atoms with Gasteiger partial charge in [-0.05, 0) is 19.8 Å². The van der Waals surface area contributed by atoms with E-state index in [9.17, 15) is 0 Å². The van der Waals surface area contributed by atoms with Crippen LogP contribution >= 0.6 is 0 Å². The van der Waals surface area contributed by atoms with Gasteiger partial charge < -0.3 is 0 Å². The lowest BCUT2D eigenvalue weighted by molar-refractivity contribution is 0.957. The Bertz CT molecular complexity index is 118. The van der Waals surface area contributed by atoms with Crippen molar-refractivity contribution in [2.45, 2.75) is 40.0 Å². The minimum Gasteiger partial charge on any atom is -0.0843 e. The van der Waals surface area contributed by atoms with E-state index < -0.39 is 0 Å². The van der Waals surface area contributed by atoms with Gasteiger partial charge in [0.2, 0.25) is 0 Å². The standard InChI is InChI=1S/C10H18/c1-4-6-7-9-10(3)8-5-2/h7-9H,4-6H2,1-3H3. The maximum absolute atomic E-state index is 2.24. The first-order valence-electron chi connectivity index (χ1n) is 4.14. The summed E-state index contributed by atoms with van der Waals surface area (Å²) in [6.07, 6.45) is 10.3. The van der Waals surface area contributed by atoms with Gasteiger partial charge >= 0.3 is 0 Å². The zero-order valence-electron chi connectivity index (χ0n) is 7.35. The molecule has 0 aliphatic carbocycles. The monoisotopic (exact) mass is 138 g/mol. The quantitative estimate of drug-likeness (QED) is 0.520. The molecule has 0 atom stereocenters. The van der Waals surface area contributed by atoms with Crippen LogP contribution in [0.4, 0.5) is 0 Å². The van der Waals surface area contributed by atoms with Crippen molar-refractivity contribution < 1.29 is 0 Å². The topological polar surface area (TPSA) is 0 Å². The van der Waals surface area contributed by atoms with Gasteiger partial charge in [0.05, 0.1) is 0 Å². The lowest BCUT2D eigenvalue weighted by atomic mass is 10.2. The molecule has 0 fully saturated rings. The largest absolute Gasteiger partial charge is 0.0843 e. The van der Waals surface area contributed by atoms with E-state index in [0.29, 0.717) is 0 Å². The molecule has 0 saturated carbocycles. The van der Waals surface area contributed by atoms with Gasteiger partial charge in [-0.2, -0.15) is 0 Å². The van der Waals surface area contributed by atoms with Crippen LogP contribution in [0.1, 0.15) is 40.0 Å². The molecule has 0 unspecified atom stereocenters. The van der Waals surface area contributed by atoms with Crippen molar-refractivity contribution in [3.8, 4) is 0 Å². The van der Waals surface area contributed by atoms with Gasteiger partial charge in [-0.15, -0.1) is 0 Å². The third-order valence-electron chi connectivity index (χ3n) is 1.36. The lowest BCUT2D eigenvalue weighted by Crippen LogP contribution is -1.67. The average molecular weight is 138 g/mol. The second kappa shape index (κ2) is 6.60. The molecule has 58 valence electrons. The minimum absolute atomic E-state index is 1.14. The van der Waals surface area contributed by atoms with E-state index in [1.54, 1.807) is 0 Å². The number of unbranched alkanes of at least 4 members (excludes halogenated alkanes) is 1. The van der Waals surface area contributed by atoms with E-state index >= 15 is 0 Å². The molecule has 0 heteroatoms. The Morgan fingerprint density at radius 2 is 2.00 bits per heavy atom. The molecule has 0 aliphatic rings. The van der Waals surface area contributed by atoms with Gasteiger partial charge in [0.25, 0.3) is 0 Å². The molecule has 0 saturated heterocycles. The van der Waals surface area contributed by atoms with Crippen LogP contribution in [0.2, 0.25) is 0 Å². The summed E-state index contributed by atoms with van der Waals surface area (Å²) >= 11 is 0. The van der Waals surface area contributed by atoms with Gasteiger partial charge in [0.15, 0.2) is 0 Å². The Morgan fingerprint density at radius 1 is 1.30 bits per heavy atom. The number of hydrogen-bond donors (Lipinski definition) is 0. The normalized spacial score (nSPS) is 12.9. The van der Waals surface area contributed by atoms with Crippen LogP contribution in [-0.4, -0.2) is 0 Å². The molecule has 0 aliphatic heterocycles. The van der Waals surface area contributed by atoms with Crippen molar-refractivity contribution in [2.24, 2.45) is 0 Å². The summed E-state index contributed by atoms with van der Waals surface area (Å²) in [6, 6.07) is 0. The Kier molecular flexibility index (Phi) is 6.25. The molecule has 0 aromatic carbocycles. The Morgan fingerprint density at radius 3 is 2.50 bits per heavy atom. The highest BCUT2D eigenvalue weighted by Crippen LogP contribution is 1.98. The minimum atomic E-state index is 1.14. The SMILES string of the molecule is CCC=C(C)C=CCCC. The van der Waals surface area contributed by atoms with Crippen molar-refractivity contribution in [2.75, 3.05) is 0 Å². The zero-order valence-corrected chi connectivity index (χ0v) is 7.35. The van der Waals surface area contributed by atoms with Crippen LogP contribution in [0.5, 0.6) is 0 Å². The highest BCUT2D eigenvalue weighted by molar-refractivity contribution is 5.15. The first kappa shape index (κ1) is 9.48. The summed E-state index contributed by atoms with van der Waals surface area (Å²) in [5.41, 5.74) is 1.39. The average Bonchev–Trinajstić information content (AvgIpc) is 1.89.